The van der Waals surface area contributed by atoms with Crippen LogP contribution in [0.2, 0.25) is 0 Å². The minimum Gasteiger partial charge on any atom is -0.295 e. The Kier molecular flexibility index (Phi) is 13.0. The third-order valence-corrected chi connectivity index (χ3v) is 4.31. The molecule has 1 aromatic rings. The molecule has 0 unspecified atom stereocenters. The number of carbonyl (C=O) groups excluding carboxylic acids is 1. The molecule has 0 saturated carbocycles. The van der Waals surface area contributed by atoms with Crippen LogP contribution in [0.1, 0.15) is 61.8 Å². The van der Waals surface area contributed by atoms with Gasteiger partial charge in [-0.2, -0.15) is 0 Å². The van der Waals surface area contributed by atoms with Gasteiger partial charge in [0, 0.05) is 12.1 Å². The molecule has 0 fully saturated rings. The standard InChI is InChI=1S/C22H30FN3O.C3H8/c1-8-11-19(23)12-10-13-26-20(14-16(5)9-2)18(7)24-22(26)25-21(27)17(6)15(3)4;1-3-2/h8-15,17H,7H2,1-6H3,(H,24,25,27);3H2,1-2H3/b11-8-,13-10+,16-9-,19-12+,20-14+;/t17-;/m0./s1. The topological polar surface area (TPSA) is 46.9 Å². The van der Waals surface area contributed by atoms with Gasteiger partial charge in [0.2, 0.25) is 11.9 Å². The molecule has 1 amide bonds. The van der Waals surface area contributed by atoms with Gasteiger partial charge < -0.3 is 0 Å². The van der Waals surface area contributed by atoms with E-state index >= 15 is 0 Å². The molecular weight excluding hydrogens is 377 g/mol. The van der Waals surface area contributed by atoms with E-state index in [2.05, 4.69) is 30.7 Å². The Morgan fingerprint density at radius 1 is 1.27 bits per heavy atom. The van der Waals surface area contributed by atoms with Crippen molar-refractivity contribution in [3.63, 3.8) is 0 Å². The van der Waals surface area contributed by atoms with Crippen LogP contribution in [0.3, 0.4) is 0 Å². The third-order valence-electron chi connectivity index (χ3n) is 4.31. The van der Waals surface area contributed by atoms with Gasteiger partial charge in [-0.1, -0.05) is 65.3 Å². The van der Waals surface area contributed by atoms with Crippen LogP contribution in [-0.2, 0) is 4.79 Å². The number of hydrogen-bond donors (Lipinski definition) is 1. The van der Waals surface area contributed by atoms with Crippen LogP contribution in [0.5, 0.6) is 0 Å². The van der Waals surface area contributed by atoms with E-state index in [1.807, 2.05) is 46.8 Å². The normalized spacial score (nSPS) is 14.4. The number of halogens is 1. The third kappa shape index (κ3) is 9.21. The summed E-state index contributed by atoms with van der Waals surface area (Å²) >= 11 is 0. The number of hydrogen-bond acceptors (Lipinski definition) is 2. The average Bonchev–Trinajstić information content (AvgIpc) is 2.96. The van der Waals surface area contributed by atoms with Crippen molar-refractivity contribution in [3.8, 4) is 0 Å². The highest BCUT2D eigenvalue weighted by molar-refractivity contribution is 5.91. The van der Waals surface area contributed by atoms with Crippen LogP contribution in [-0.4, -0.2) is 15.5 Å². The maximum atomic E-state index is 13.6. The van der Waals surface area contributed by atoms with Crippen molar-refractivity contribution >= 4 is 30.7 Å². The number of anilines is 1. The summed E-state index contributed by atoms with van der Waals surface area (Å²) < 4.78 is 15.3. The second kappa shape index (κ2) is 14.3. The Labute approximate surface area is 181 Å². The second-order valence-electron chi connectivity index (χ2n) is 7.44. The number of amides is 1. The molecule has 0 spiro atoms. The van der Waals surface area contributed by atoms with Gasteiger partial charge in [0.05, 0.1) is 10.7 Å². The molecule has 0 aliphatic carbocycles. The van der Waals surface area contributed by atoms with Crippen LogP contribution in [0.4, 0.5) is 10.3 Å². The van der Waals surface area contributed by atoms with Gasteiger partial charge in [-0.05, 0) is 51.0 Å². The highest BCUT2D eigenvalue weighted by Crippen LogP contribution is 2.12. The van der Waals surface area contributed by atoms with Gasteiger partial charge in [-0.25, -0.2) is 9.37 Å². The van der Waals surface area contributed by atoms with Crippen LogP contribution in [0, 0.1) is 11.8 Å². The molecule has 1 rings (SSSR count). The first kappa shape index (κ1) is 27.3. The number of carbonyl (C=O) groups is 1. The monoisotopic (exact) mass is 415 g/mol. The minimum atomic E-state index is -0.363. The summed E-state index contributed by atoms with van der Waals surface area (Å²) in [6.07, 6.45) is 12.7. The van der Waals surface area contributed by atoms with Crippen molar-refractivity contribution < 1.29 is 9.18 Å². The summed E-state index contributed by atoms with van der Waals surface area (Å²) in [4.78, 5) is 16.9. The zero-order chi connectivity index (χ0) is 23.3. The number of allylic oxidation sites excluding steroid dienone is 7. The molecule has 0 bridgehead atoms. The number of rotatable bonds is 7. The van der Waals surface area contributed by atoms with E-state index in [1.165, 1.54) is 18.6 Å². The highest BCUT2D eigenvalue weighted by Gasteiger charge is 2.18. The molecule has 4 nitrogen and oxygen atoms in total. The fourth-order valence-electron chi connectivity index (χ4n) is 2.15. The molecule has 1 heterocycles. The molecule has 0 aromatic carbocycles. The van der Waals surface area contributed by atoms with Crippen LogP contribution in [0.25, 0.3) is 18.9 Å². The molecule has 5 heteroatoms. The fourth-order valence-corrected chi connectivity index (χ4v) is 2.15. The van der Waals surface area contributed by atoms with Crippen molar-refractivity contribution in [1.29, 1.82) is 0 Å². The van der Waals surface area contributed by atoms with Gasteiger partial charge in [0.15, 0.2) is 0 Å². The summed E-state index contributed by atoms with van der Waals surface area (Å²) in [5.41, 5.74) is 1.03. The van der Waals surface area contributed by atoms with Gasteiger partial charge in [0.25, 0.3) is 0 Å². The molecule has 0 aliphatic heterocycles. The van der Waals surface area contributed by atoms with Crippen molar-refractivity contribution in [2.24, 2.45) is 11.8 Å². The zero-order valence-electron chi connectivity index (χ0n) is 19.8. The van der Waals surface area contributed by atoms with E-state index in [4.69, 9.17) is 0 Å². The fraction of sp³-hybridized carbons (Fsp3) is 0.440. The lowest BCUT2D eigenvalue weighted by Crippen LogP contribution is -2.28. The smallest absolute Gasteiger partial charge is 0.229 e. The highest BCUT2D eigenvalue weighted by atomic mass is 19.1. The molecule has 0 saturated heterocycles. The molecular formula is C25H38FN3O. The largest absolute Gasteiger partial charge is 0.295 e. The Hall–Kier alpha value is -2.69. The second-order valence-corrected chi connectivity index (χ2v) is 7.44. The molecule has 166 valence electrons. The summed E-state index contributed by atoms with van der Waals surface area (Å²) in [6.45, 7) is 19.7. The van der Waals surface area contributed by atoms with E-state index in [1.54, 1.807) is 29.8 Å². The average molecular weight is 416 g/mol. The number of imidazole rings is 1. The molecule has 0 aliphatic rings. The van der Waals surface area contributed by atoms with Gasteiger partial charge >= 0.3 is 0 Å². The SMILES string of the molecule is C=c1nc(NC(=O)[C@@H](C)C(C)C)n(/C=C/C=C(F)\C=C/C)/c1=C/C(C)=C\C.CCC. The lowest BCUT2D eigenvalue weighted by molar-refractivity contribution is -0.120. The maximum absolute atomic E-state index is 13.6. The van der Waals surface area contributed by atoms with Gasteiger partial charge in [-0.3, -0.25) is 14.7 Å². The van der Waals surface area contributed by atoms with Crippen molar-refractivity contribution in [1.82, 2.24) is 9.55 Å². The first-order valence-electron chi connectivity index (χ1n) is 10.5. The summed E-state index contributed by atoms with van der Waals surface area (Å²) in [5, 5.41) is 4.13. The Morgan fingerprint density at radius 2 is 1.87 bits per heavy atom. The predicted molar refractivity (Wildman–Crippen MR) is 129 cm³/mol. The zero-order valence-corrected chi connectivity index (χ0v) is 19.8. The van der Waals surface area contributed by atoms with Crippen molar-refractivity contribution in [2.45, 2.75) is 61.8 Å². The van der Waals surface area contributed by atoms with Gasteiger partial charge in [-0.15, -0.1) is 0 Å². The summed E-state index contributed by atoms with van der Waals surface area (Å²) in [5.74, 6) is -0.0716. The van der Waals surface area contributed by atoms with Gasteiger partial charge in [0.1, 0.15) is 5.83 Å². The first-order chi connectivity index (χ1) is 14.1. The molecule has 1 atom stereocenters. The van der Waals surface area contributed by atoms with Crippen LogP contribution >= 0.6 is 0 Å². The summed E-state index contributed by atoms with van der Waals surface area (Å²) in [7, 11) is 0. The Bertz CT molecular complexity index is 902. The van der Waals surface area contributed by atoms with E-state index in [0.717, 1.165) is 10.9 Å². The predicted octanol–water partition coefficient (Wildman–Crippen LogP) is 5.59. The number of aromatic nitrogens is 2. The maximum Gasteiger partial charge on any atom is 0.229 e. The minimum absolute atomic E-state index is 0.116. The van der Waals surface area contributed by atoms with E-state index in [-0.39, 0.29) is 23.6 Å². The molecule has 0 radical (unpaired) electrons. The lowest BCUT2D eigenvalue weighted by Gasteiger charge is -2.15. The first-order valence-corrected chi connectivity index (χ1v) is 10.5. The summed E-state index contributed by atoms with van der Waals surface area (Å²) in [6, 6.07) is 0. The van der Waals surface area contributed by atoms with Crippen LogP contribution in [0.15, 0.2) is 41.8 Å². The molecule has 30 heavy (non-hydrogen) atoms. The quantitative estimate of drug-likeness (QED) is 0.590. The van der Waals surface area contributed by atoms with E-state index in [9.17, 15) is 9.18 Å². The van der Waals surface area contributed by atoms with Crippen molar-refractivity contribution in [3.05, 3.63) is 52.5 Å². The Balaban J connectivity index is 0.00000263. The van der Waals surface area contributed by atoms with E-state index < -0.39 is 0 Å². The van der Waals surface area contributed by atoms with E-state index in [0.29, 0.717) is 11.3 Å². The van der Waals surface area contributed by atoms with Crippen LogP contribution < -0.4 is 16.0 Å². The Morgan fingerprint density at radius 3 is 2.37 bits per heavy atom. The molecule has 1 aromatic heterocycles. The van der Waals surface area contributed by atoms with Crippen molar-refractivity contribution in [2.75, 3.05) is 5.32 Å². The number of nitrogens with one attached hydrogen (secondary N) is 1. The lowest BCUT2D eigenvalue weighted by atomic mass is 9.97. The molecule has 1 N–H and O–H groups in total. The number of nitrogens with zero attached hydrogens (tertiary/aromatic N) is 2.